The summed E-state index contributed by atoms with van der Waals surface area (Å²) in [4.78, 5) is 38.4. The zero-order valence-electron chi connectivity index (χ0n) is 17.5. The quantitative estimate of drug-likeness (QED) is 0.792. The molecule has 0 spiro atoms. The second kappa shape index (κ2) is 8.84. The third-order valence-electron chi connectivity index (χ3n) is 5.42. The number of nitrogens with zero attached hydrogens (tertiary/aromatic N) is 1. The Bertz CT molecular complexity index is 785. The first-order valence-corrected chi connectivity index (χ1v) is 10.4. The van der Waals surface area contributed by atoms with Crippen LogP contribution in [0.1, 0.15) is 58.4 Å². The van der Waals surface area contributed by atoms with Gasteiger partial charge in [-0.15, -0.1) is 0 Å². The number of amides is 3. The molecule has 0 aromatic heterocycles. The molecule has 1 unspecified atom stereocenters. The first kappa shape index (κ1) is 21.1. The van der Waals surface area contributed by atoms with Crippen molar-refractivity contribution >= 4 is 23.4 Å². The number of nitrogens with one attached hydrogen (secondary N) is 2. The number of carbonyl (C=O) groups is 3. The maximum Gasteiger partial charge on any atom is 0.265 e. The lowest BCUT2D eigenvalue weighted by atomic mass is 9.86. The van der Waals surface area contributed by atoms with E-state index in [1.165, 1.54) is 0 Å². The highest BCUT2D eigenvalue weighted by atomic mass is 16.5. The predicted molar refractivity (Wildman–Crippen MR) is 111 cm³/mol. The Morgan fingerprint density at radius 1 is 1.28 bits per heavy atom. The molecule has 29 heavy (non-hydrogen) atoms. The summed E-state index contributed by atoms with van der Waals surface area (Å²) >= 11 is 0. The lowest BCUT2D eigenvalue weighted by Gasteiger charge is -2.31. The molecule has 158 valence electrons. The van der Waals surface area contributed by atoms with Gasteiger partial charge in [0.25, 0.3) is 5.91 Å². The van der Waals surface area contributed by atoms with Crippen molar-refractivity contribution in [3.8, 4) is 5.75 Å². The average Bonchev–Trinajstić information content (AvgIpc) is 2.86. The van der Waals surface area contributed by atoms with Gasteiger partial charge in [-0.2, -0.15) is 0 Å². The van der Waals surface area contributed by atoms with Crippen LogP contribution in [0.5, 0.6) is 5.75 Å². The molecular formula is C22H31N3O4. The summed E-state index contributed by atoms with van der Waals surface area (Å²) in [5.74, 6) is 0.323. The van der Waals surface area contributed by atoms with E-state index >= 15 is 0 Å². The molecule has 0 radical (unpaired) electrons. The van der Waals surface area contributed by atoms with E-state index in [9.17, 15) is 14.4 Å². The van der Waals surface area contributed by atoms with Crippen LogP contribution >= 0.6 is 0 Å². The van der Waals surface area contributed by atoms with Gasteiger partial charge in [-0.25, -0.2) is 0 Å². The molecule has 3 rings (SSSR count). The fourth-order valence-electron chi connectivity index (χ4n) is 3.66. The summed E-state index contributed by atoms with van der Waals surface area (Å²) in [5, 5.41) is 5.65. The summed E-state index contributed by atoms with van der Waals surface area (Å²) in [7, 11) is 0. The molecule has 1 saturated heterocycles. The molecule has 0 aliphatic carbocycles. The van der Waals surface area contributed by atoms with Crippen LogP contribution < -0.4 is 20.3 Å². The number of ether oxygens (including phenoxy) is 1. The molecule has 3 amide bonds. The molecule has 2 heterocycles. The largest absolute Gasteiger partial charge is 0.482 e. The van der Waals surface area contributed by atoms with Crippen molar-refractivity contribution in [3.05, 3.63) is 23.8 Å². The van der Waals surface area contributed by atoms with E-state index in [2.05, 4.69) is 31.4 Å². The van der Waals surface area contributed by atoms with Crippen molar-refractivity contribution < 1.29 is 19.1 Å². The Hall–Kier alpha value is -2.57. The van der Waals surface area contributed by atoms with Gasteiger partial charge in [0.15, 0.2) is 6.61 Å². The van der Waals surface area contributed by atoms with Crippen molar-refractivity contribution in [1.29, 1.82) is 0 Å². The fourth-order valence-corrected chi connectivity index (χ4v) is 3.66. The van der Waals surface area contributed by atoms with E-state index in [1.807, 2.05) is 18.2 Å². The topological polar surface area (TPSA) is 87.7 Å². The van der Waals surface area contributed by atoms with E-state index in [-0.39, 0.29) is 36.2 Å². The monoisotopic (exact) mass is 401 g/mol. The van der Waals surface area contributed by atoms with E-state index in [0.717, 1.165) is 24.1 Å². The minimum absolute atomic E-state index is 0.0102. The molecule has 7 heteroatoms. The number of hydrogen-bond acceptors (Lipinski definition) is 4. The van der Waals surface area contributed by atoms with Crippen molar-refractivity contribution in [2.24, 2.45) is 0 Å². The fraction of sp³-hybridized carbons (Fsp3) is 0.591. The lowest BCUT2D eigenvalue weighted by molar-refractivity contribution is -0.128. The first-order valence-electron chi connectivity index (χ1n) is 10.4. The Kier molecular flexibility index (Phi) is 6.45. The molecule has 1 aromatic carbocycles. The lowest BCUT2D eigenvalue weighted by Crippen LogP contribution is -2.45. The highest BCUT2D eigenvalue weighted by Crippen LogP contribution is 2.36. The highest BCUT2D eigenvalue weighted by Gasteiger charge is 2.28. The number of carbonyl (C=O) groups excluding carboxylic acids is 3. The van der Waals surface area contributed by atoms with Crippen LogP contribution in [0.2, 0.25) is 0 Å². The SMILES string of the molecule is CC(C)(C)c1ccc2c(c1)N(CCCC(=O)NC1CCCCNC1=O)C(=O)CO2. The van der Waals surface area contributed by atoms with Crippen LogP contribution in [-0.2, 0) is 19.8 Å². The maximum atomic E-state index is 12.4. The minimum atomic E-state index is -0.454. The molecule has 0 bridgehead atoms. The summed E-state index contributed by atoms with van der Waals surface area (Å²) in [5.41, 5.74) is 1.84. The summed E-state index contributed by atoms with van der Waals surface area (Å²) in [6, 6.07) is 5.48. The van der Waals surface area contributed by atoms with Crippen LogP contribution in [0.4, 0.5) is 5.69 Å². The first-order chi connectivity index (χ1) is 13.8. The number of hydrogen-bond donors (Lipinski definition) is 2. The molecule has 2 aliphatic heterocycles. The summed E-state index contributed by atoms with van der Waals surface area (Å²) in [6.45, 7) is 7.49. The van der Waals surface area contributed by atoms with Crippen molar-refractivity contribution in [1.82, 2.24) is 10.6 Å². The molecule has 7 nitrogen and oxygen atoms in total. The van der Waals surface area contributed by atoms with Crippen molar-refractivity contribution in [2.75, 3.05) is 24.6 Å². The zero-order valence-corrected chi connectivity index (χ0v) is 17.5. The Morgan fingerprint density at radius 2 is 2.07 bits per heavy atom. The summed E-state index contributed by atoms with van der Waals surface area (Å²) < 4.78 is 5.57. The molecule has 2 N–H and O–H groups in total. The van der Waals surface area contributed by atoms with Crippen molar-refractivity contribution in [3.63, 3.8) is 0 Å². The van der Waals surface area contributed by atoms with Crippen LogP contribution in [-0.4, -0.2) is 43.5 Å². The van der Waals surface area contributed by atoms with Gasteiger partial charge in [0.05, 0.1) is 5.69 Å². The van der Waals surface area contributed by atoms with Gasteiger partial charge in [-0.05, 0) is 48.8 Å². The zero-order chi connectivity index (χ0) is 21.0. The second-order valence-corrected chi connectivity index (χ2v) is 8.78. The van der Waals surface area contributed by atoms with E-state index in [1.54, 1.807) is 4.90 Å². The van der Waals surface area contributed by atoms with Gasteiger partial charge in [-0.3, -0.25) is 14.4 Å². The van der Waals surface area contributed by atoms with Gasteiger partial charge in [0, 0.05) is 19.5 Å². The third kappa shape index (κ3) is 5.28. The summed E-state index contributed by atoms with van der Waals surface area (Å²) in [6.07, 6.45) is 3.31. The van der Waals surface area contributed by atoms with Crippen LogP contribution in [0.3, 0.4) is 0 Å². The van der Waals surface area contributed by atoms with Gasteiger partial charge in [0.2, 0.25) is 11.8 Å². The van der Waals surface area contributed by atoms with Gasteiger partial charge in [0.1, 0.15) is 11.8 Å². The third-order valence-corrected chi connectivity index (χ3v) is 5.42. The second-order valence-electron chi connectivity index (χ2n) is 8.78. The van der Waals surface area contributed by atoms with Gasteiger partial charge in [-0.1, -0.05) is 26.8 Å². The van der Waals surface area contributed by atoms with Gasteiger partial charge < -0.3 is 20.3 Å². The predicted octanol–water partition coefficient (Wildman–Crippen LogP) is 2.27. The van der Waals surface area contributed by atoms with E-state index in [0.29, 0.717) is 31.7 Å². The van der Waals surface area contributed by atoms with Crippen LogP contribution in [0.25, 0.3) is 0 Å². The Morgan fingerprint density at radius 3 is 2.83 bits per heavy atom. The number of rotatable bonds is 5. The van der Waals surface area contributed by atoms with Crippen molar-refractivity contribution in [2.45, 2.75) is 64.3 Å². The minimum Gasteiger partial charge on any atom is -0.482 e. The standard InChI is InChI=1S/C22H31N3O4/c1-22(2,3)15-9-10-18-17(13-15)25(20(27)14-29-18)12-6-8-19(26)24-16-7-4-5-11-23-21(16)28/h9-10,13,16H,4-8,11-12,14H2,1-3H3,(H,23,28)(H,24,26). The van der Waals surface area contributed by atoms with E-state index in [4.69, 9.17) is 4.74 Å². The van der Waals surface area contributed by atoms with Crippen LogP contribution in [0.15, 0.2) is 18.2 Å². The number of fused-ring (bicyclic) bond motifs is 1. The average molecular weight is 402 g/mol. The smallest absolute Gasteiger partial charge is 0.265 e. The molecular weight excluding hydrogens is 370 g/mol. The number of anilines is 1. The number of benzene rings is 1. The van der Waals surface area contributed by atoms with Crippen LogP contribution in [0, 0.1) is 0 Å². The van der Waals surface area contributed by atoms with Gasteiger partial charge >= 0.3 is 0 Å². The normalized spacial score (nSPS) is 19.7. The molecule has 1 aromatic rings. The molecule has 2 aliphatic rings. The maximum absolute atomic E-state index is 12.4. The highest BCUT2D eigenvalue weighted by molar-refractivity contribution is 5.98. The molecule has 0 saturated carbocycles. The van der Waals surface area contributed by atoms with E-state index < -0.39 is 6.04 Å². The Balaban J connectivity index is 1.60. The molecule has 1 fully saturated rings. The molecule has 1 atom stereocenters. The Labute approximate surface area is 172 Å².